The summed E-state index contributed by atoms with van der Waals surface area (Å²) in [5.74, 6) is -2.84. The normalized spacial score (nSPS) is 16.0. The van der Waals surface area contributed by atoms with Crippen molar-refractivity contribution in [2.75, 3.05) is 32.2 Å². The number of nitrogens with two attached hydrogens (primary N) is 1. The summed E-state index contributed by atoms with van der Waals surface area (Å²) in [7, 11) is -1.43. The first-order valence-corrected chi connectivity index (χ1v) is 12.9. The van der Waals surface area contributed by atoms with Crippen LogP contribution < -0.4 is 10.6 Å². The minimum atomic E-state index is -3.74. The summed E-state index contributed by atoms with van der Waals surface area (Å²) < 4.78 is 37.2. The van der Waals surface area contributed by atoms with E-state index in [9.17, 15) is 23.3 Å². The standard InChI is InChI=1S/C26H28N4O6S/c1-5-29(6-2)37(33,34)19-14-12-18(13-15-19)30-23(26(32)36-4)22(25(31)35-3)21(20(16-27)24(30)28)17-10-8-7-9-11-17/h7-15,21H,5-6,28H2,1-4H3. The molecule has 2 N–H and O–H groups in total. The van der Waals surface area contributed by atoms with Crippen LogP contribution in [0.5, 0.6) is 0 Å². The molecule has 0 radical (unpaired) electrons. The van der Waals surface area contributed by atoms with E-state index in [1.807, 2.05) is 0 Å². The van der Waals surface area contributed by atoms with Crippen LogP contribution in [0.4, 0.5) is 5.69 Å². The molecule has 0 aliphatic carbocycles. The first-order chi connectivity index (χ1) is 17.7. The third kappa shape index (κ3) is 4.94. The second kappa shape index (κ2) is 11.3. The maximum atomic E-state index is 13.1. The summed E-state index contributed by atoms with van der Waals surface area (Å²) in [4.78, 5) is 27.4. The highest BCUT2D eigenvalue weighted by Crippen LogP contribution is 2.43. The van der Waals surface area contributed by atoms with E-state index in [4.69, 9.17) is 15.2 Å². The van der Waals surface area contributed by atoms with Crippen LogP contribution >= 0.6 is 0 Å². The van der Waals surface area contributed by atoms with Crippen LogP contribution in [0.15, 0.2) is 82.2 Å². The molecule has 10 nitrogen and oxygen atoms in total. The first kappa shape index (κ1) is 27.4. The molecule has 1 atom stereocenters. The Kier molecular flexibility index (Phi) is 8.37. The molecule has 0 bridgehead atoms. The number of esters is 2. The summed E-state index contributed by atoms with van der Waals surface area (Å²) in [6, 6.07) is 16.3. The highest BCUT2D eigenvalue weighted by atomic mass is 32.2. The maximum absolute atomic E-state index is 13.1. The second-order valence-electron chi connectivity index (χ2n) is 7.92. The average molecular weight is 525 g/mol. The number of nitrogens with zero attached hydrogens (tertiary/aromatic N) is 3. The molecule has 0 amide bonds. The molecule has 37 heavy (non-hydrogen) atoms. The number of methoxy groups -OCH3 is 2. The summed E-state index contributed by atoms with van der Waals surface area (Å²) in [6.45, 7) is 4.07. The molecular weight excluding hydrogens is 496 g/mol. The number of sulfonamides is 1. The van der Waals surface area contributed by atoms with Crippen molar-refractivity contribution in [2.45, 2.75) is 24.7 Å². The van der Waals surface area contributed by atoms with Gasteiger partial charge in [0.2, 0.25) is 10.0 Å². The Morgan fingerprint density at radius 1 is 1.00 bits per heavy atom. The Morgan fingerprint density at radius 3 is 2.05 bits per heavy atom. The van der Waals surface area contributed by atoms with Crippen molar-refractivity contribution in [2.24, 2.45) is 5.73 Å². The van der Waals surface area contributed by atoms with E-state index in [-0.39, 0.29) is 33.2 Å². The fraction of sp³-hybridized carbons (Fsp3) is 0.269. The zero-order valence-corrected chi connectivity index (χ0v) is 21.8. The summed E-state index contributed by atoms with van der Waals surface area (Å²) in [5, 5.41) is 10.1. The van der Waals surface area contributed by atoms with Gasteiger partial charge in [0.1, 0.15) is 11.5 Å². The summed E-state index contributed by atoms with van der Waals surface area (Å²) in [5.41, 5.74) is 6.89. The Hall–Kier alpha value is -4.14. The van der Waals surface area contributed by atoms with Gasteiger partial charge in [0, 0.05) is 18.8 Å². The van der Waals surface area contributed by atoms with Crippen LogP contribution in [-0.2, 0) is 29.1 Å². The molecule has 194 valence electrons. The fourth-order valence-corrected chi connectivity index (χ4v) is 5.72. The van der Waals surface area contributed by atoms with Gasteiger partial charge in [0.25, 0.3) is 0 Å². The highest BCUT2D eigenvalue weighted by Gasteiger charge is 2.43. The summed E-state index contributed by atoms with van der Waals surface area (Å²) >= 11 is 0. The van der Waals surface area contributed by atoms with Gasteiger partial charge >= 0.3 is 11.9 Å². The van der Waals surface area contributed by atoms with Gasteiger partial charge in [0.15, 0.2) is 0 Å². The number of carbonyl (C=O) groups is 2. The molecule has 3 rings (SSSR count). The van der Waals surface area contributed by atoms with Gasteiger partial charge in [-0.05, 0) is 29.8 Å². The molecule has 2 aromatic carbocycles. The number of hydrogen-bond acceptors (Lipinski definition) is 9. The first-order valence-electron chi connectivity index (χ1n) is 11.4. The van der Waals surface area contributed by atoms with Gasteiger partial charge in [0.05, 0.1) is 42.2 Å². The molecule has 0 spiro atoms. The van der Waals surface area contributed by atoms with Crippen molar-refractivity contribution in [1.82, 2.24) is 4.31 Å². The lowest BCUT2D eigenvalue weighted by molar-refractivity contribution is -0.139. The number of nitriles is 1. The average Bonchev–Trinajstić information content (AvgIpc) is 2.92. The number of anilines is 1. The van der Waals surface area contributed by atoms with Crippen LogP contribution in [0.25, 0.3) is 0 Å². The monoisotopic (exact) mass is 524 g/mol. The van der Waals surface area contributed by atoms with Gasteiger partial charge in [-0.25, -0.2) is 18.0 Å². The molecule has 1 heterocycles. The molecule has 0 fully saturated rings. The number of benzene rings is 2. The Balaban J connectivity index is 2.29. The zero-order chi connectivity index (χ0) is 27.3. The molecule has 0 saturated carbocycles. The van der Waals surface area contributed by atoms with Gasteiger partial charge in [-0.3, -0.25) is 4.90 Å². The lowest BCUT2D eigenvalue weighted by atomic mass is 9.81. The van der Waals surface area contributed by atoms with Gasteiger partial charge in [-0.2, -0.15) is 9.57 Å². The van der Waals surface area contributed by atoms with Crippen LogP contribution in [0, 0.1) is 11.3 Å². The van der Waals surface area contributed by atoms with Gasteiger partial charge in [-0.15, -0.1) is 0 Å². The van der Waals surface area contributed by atoms with E-state index in [1.54, 1.807) is 44.2 Å². The SMILES string of the molecule is CCN(CC)S(=O)(=O)c1ccc(N2C(N)=C(C#N)C(c3ccccc3)C(C(=O)OC)=C2C(=O)OC)cc1. The number of allylic oxidation sites excluding steroid dienone is 1. The molecule has 11 heteroatoms. The molecule has 2 aromatic rings. The lowest BCUT2D eigenvalue weighted by Crippen LogP contribution is -2.40. The molecule has 0 aromatic heterocycles. The van der Waals surface area contributed by atoms with Crippen molar-refractivity contribution in [1.29, 1.82) is 5.26 Å². The molecular formula is C26H28N4O6S. The van der Waals surface area contributed by atoms with E-state index < -0.39 is 27.9 Å². The fourth-order valence-electron chi connectivity index (χ4n) is 4.26. The van der Waals surface area contributed by atoms with Crippen LogP contribution in [0.2, 0.25) is 0 Å². The lowest BCUT2D eigenvalue weighted by Gasteiger charge is -2.36. The predicted octanol–water partition coefficient (Wildman–Crippen LogP) is 2.61. The van der Waals surface area contributed by atoms with E-state index in [0.29, 0.717) is 18.7 Å². The second-order valence-corrected chi connectivity index (χ2v) is 9.86. The predicted molar refractivity (Wildman–Crippen MR) is 136 cm³/mol. The minimum Gasteiger partial charge on any atom is -0.466 e. The number of ether oxygens (including phenoxy) is 2. The zero-order valence-electron chi connectivity index (χ0n) is 21.0. The van der Waals surface area contributed by atoms with Crippen LogP contribution in [-0.4, -0.2) is 52.0 Å². The van der Waals surface area contributed by atoms with Gasteiger partial charge < -0.3 is 15.2 Å². The maximum Gasteiger partial charge on any atom is 0.355 e. The molecule has 1 unspecified atom stereocenters. The van der Waals surface area contributed by atoms with E-state index in [0.717, 1.165) is 14.2 Å². The molecule has 0 saturated heterocycles. The Morgan fingerprint density at radius 2 is 1.57 bits per heavy atom. The number of carbonyl (C=O) groups excluding carboxylic acids is 2. The smallest absolute Gasteiger partial charge is 0.355 e. The largest absolute Gasteiger partial charge is 0.466 e. The van der Waals surface area contributed by atoms with Crippen molar-refractivity contribution < 1.29 is 27.5 Å². The van der Waals surface area contributed by atoms with Crippen LogP contribution in [0.1, 0.15) is 25.3 Å². The third-order valence-corrected chi connectivity index (χ3v) is 8.11. The van der Waals surface area contributed by atoms with E-state index in [1.165, 1.54) is 33.5 Å². The molecule has 1 aliphatic rings. The van der Waals surface area contributed by atoms with Crippen molar-refractivity contribution in [3.63, 3.8) is 0 Å². The Labute approximate surface area is 216 Å². The van der Waals surface area contributed by atoms with Crippen molar-refractivity contribution in [3.8, 4) is 6.07 Å². The topological polar surface area (TPSA) is 143 Å². The van der Waals surface area contributed by atoms with E-state index >= 15 is 0 Å². The number of hydrogen-bond donors (Lipinski definition) is 1. The molecule has 1 aliphatic heterocycles. The van der Waals surface area contributed by atoms with Crippen molar-refractivity contribution >= 4 is 27.6 Å². The summed E-state index contributed by atoms with van der Waals surface area (Å²) in [6.07, 6.45) is 0. The third-order valence-electron chi connectivity index (χ3n) is 6.05. The van der Waals surface area contributed by atoms with Gasteiger partial charge in [-0.1, -0.05) is 44.2 Å². The van der Waals surface area contributed by atoms with Crippen molar-refractivity contribution in [3.05, 3.63) is 82.8 Å². The van der Waals surface area contributed by atoms with Crippen LogP contribution in [0.3, 0.4) is 0 Å². The number of rotatable bonds is 8. The minimum absolute atomic E-state index is 0.0130. The Bertz CT molecular complexity index is 1390. The highest BCUT2D eigenvalue weighted by molar-refractivity contribution is 7.89. The quantitative estimate of drug-likeness (QED) is 0.515. The van der Waals surface area contributed by atoms with E-state index in [2.05, 4.69) is 6.07 Å².